The van der Waals surface area contributed by atoms with Gasteiger partial charge in [-0.25, -0.2) is 4.68 Å². The maximum atomic E-state index is 5.63. The van der Waals surface area contributed by atoms with Crippen LogP contribution in [-0.2, 0) is 0 Å². The van der Waals surface area contributed by atoms with E-state index in [4.69, 9.17) is 17.2 Å². The highest BCUT2D eigenvalue weighted by molar-refractivity contribution is 5.57. The third kappa shape index (κ3) is 1.26. The molecule has 12 heavy (non-hydrogen) atoms. The average Bonchev–Trinajstić information content (AvgIpc) is 2.38. The molecule has 0 aliphatic rings. The number of aromatic nitrogens is 2. The second-order valence-electron chi connectivity index (χ2n) is 2.47. The first kappa shape index (κ1) is 8.61. The van der Waals surface area contributed by atoms with Gasteiger partial charge in [0.15, 0.2) is 0 Å². The Kier molecular flexibility index (Phi) is 2.35. The van der Waals surface area contributed by atoms with Crippen molar-refractivity contribution in [2.24, 2.45) is 5.73 Å². The highest BCUT2D eigenvalue weighted by Crippen LogP contribution is 2.17. The zero-order valence-corrected chi connectivity index (χ0v) is 6.77. The fraction of sp³-hybridized carbons (Fsp3) is 0.286. The Labute approximate surface area is 70.8 Å². The van der Waals surface area contributed by atoms with E-state index in [2.05, 4.69) is 11.7 Å². The molecule has 1 aromatic rings. The van der Waals surface area contributed by atoms with Crippen LogP contribution < -0.4 is 17.2 Å². The summed E-state index contributed by atoms with van der Waals surface area (Å²) in [7, 11) is 0. The molecule has 5 heteroatoms. The number of rotatable bonds is 3. The molecule has 5 nitrogen and oxygen atoms in total. The Morgan fingerprint density at radius 2 is 2.33 bits per heavy atom. The van der Waals surface area contributed by atoms with Gasteiger partial charge < -0.3 is 17.2 Å². The third-order valence-corrected chi connectivity index (χ3v) is 1.69. The summed E-state index contributed by atoms with van der Waals surface area (Å²) in [4.78, 5) is 0. The van der Waals surface area contributed by atoms with Crippen LogP contribution in [0.5, 0.6) is 0 Å². The Balaban J connectivity index is 3.00. The zero-order valence-electron chi connectivity index (χ0n) is 6.77. The van der Waals surface area contributed by atoms with Gasteiger partial charge in [-0.05, 0) is 0 Å². The molecule has 1 heterocycles. The van der Waals surface area contributed by atoms with Crippen LogP contribution in [0.1, 0.15) is 6.04 Å². The standard InChI is InChI=1S/C7H13N5/c1-2-5(3-8)12-7(10)6(9)4-11-12/h2,4-5H,1,3,8-10H2. The lowest BCUT2D eigenvalue weighted by atomic mass is 10.3. The van der Waals surface area contributed by atoms with Crippen molar-refractivity contribution < 1.29 is 0 Å². The summed E-state index contributed by atoms with van der Waals surface area (Å²) in [5, 5.41) is 3.97. The third-order valence-electron chi connectivity index (χ3n) is 1.69. The second kappa shape index (κ2) is 3.27. The van der Waals surface area contributed by atoms with Gasteiger partial charge in [-0.3, -0.25) is 0 Å². The van der Waals surface area contributed by atoms with Gasteiger partial charge in [0, 0.05) is 6.54 Å². The largest absolute Gasteiger partial charge is 0.394 e. The van der Waals surface area contributed by atoms with Crippen molar-refractivity contribution in [3.63, 3.8) is 0 Å². The molecule has 0 radical (unpaired) electrons. The number of hydrogen-bond acceptors (Lipinski definition) is 4. The molecule has 1 unspecified atom stereocenters. The van der Waals surface area contributed by atoms with Crippen molar-refractivity contribution in [1.29, 1.82) is 0 Å². The molecule has 0 bridgehead atoms. The molecule has 0 amide bonds. The van der Waals surface area contributed by atoms with E-state index >= 15 is 0 Å². The summed E-state index contributed by atoms with van der Waals surface area (Å²) in [6, 6.07) is -0.0812. The van der Waals surface area contributed by atoms with Crippen LogP contribution in [0.25, 0.3) is 0 Å². The Morgan fingerprint density at radius 3 is 2.67 bits per heavy atom. The highest BCUT2D eigenvalue weighted by Gasteiger charge is 2.10. The average molecular weight is 167 g/mol. The summed E-state index contributed by atoms with van der Waals surface area (Å²) in [5.41, 5.74) is 17.1. The van der Waals surface area contributed by atoms with Crippen molar-refractivity contribution in [3.8, 4) is 0 Å². The molecule has 66 valence electrons. The molecule has 0 aliphatic carbocycles. The van der Waals surface area contributed by atoms with Crippen LogP contribution in [0.4, 0.5) is 11.5 Å². The highest BCUT2D eigenvalue weighted by atomic mass is 15.3. The Morgan fingerprint density at radius 1 is 1.67 bits per heavy atom. The minimum absolute atomic E-state index is 0.0812. The lowest BCUT2D eigenvalue weighted by Crippen LogP contribution is -2.19. The van der Waals surface area contributed by atoms with E-state index < -0.39 is 0 Å². The fourth-order valence-electron chi connectivity index (χ4n) is 0.945. The van der Waals surface area contributed by atoms with E-state index in [1.165, 1.54) is 6.20 Å². The van der Waals surface area contributed by atoms with E-state index in [-0.39, 0.29) is 6.04 Å². The van der Waals surface area contributed by atoms with E-state index in [1.54, 1.807) is 10.8 Å². The first-order valence-electron chi connectivity index (χ1n) is 3.61. The first-order valence-corrected chi connectivity index (χ1v) is 3.61. The molecule has 0 aromatic carbocycles. The SMILES string of the molecule is C=CC(CN)n1ncc(N)c1N. The number of hydrogen-bond donors (Lipinski definition) is 3. The number of nitrogen functional groups attached to an aromatic ring is 2. The van der Waals surface area contributed by atoms with Crippen molar-refractivity contribution in [1.82, 2.24) is 9.78 Å². The van der Waals surface area contributed by atoms with Crippen LogP contribution in [0, 0.1) is 0 Å². The van der Waals surface area contributed by atoms with Crippen molar-refractivity contribution >= 4 is 11.5 Å². The van der Waals surface area contributed by atoms with Crippen molar-refractivity contribution in [2.45, 2.75) is 6.04 Å². The summed E-state index contributed by atoms with van der Waals surface area (Å²) in [5.74, 6) is 0.436. The molecule has 0 fully saturated rings. The summed E-state index contributed by atoms with van der Waals surface area (Å²) in [6.45, 7) is 4.03. The molecule has 1 rings (SSSR count). The molecular formula is C7H13N5. The molecular weight excluding hydrogens is 154 g/mol. The summed E-state index contributed by atoms with van der Waals surface area (Å²) >= 11 is 0. The molecule has 1 aromatic heterocycles. The lowest BCUT2D eigenvalue weighted by molar-refractivity contribution is 0.556. The van der Waals surface area contributed by atoms with Crippen LogP contribution >= 0.6 is 0 Å². The predicted octanol–water partition coefficient (Wildman–Crippen LogP) is -0.267. The number of nitrogens with zero attached hydrogens (tertiary/aromatic N) is 2. The Hall–Kier alpha value is -1.49. The van der Waals surface area contributed by atoms with Crippen LogP contribution in [-0.4, -0.2) is 16.3 Å². The smallest absolute Gasteiger partial charge is 0.145 e. The van der Waals surface area contributed by atoms with Gasteiger partial charge in [0.2, 0.25) is 0 Å². The monoisotopic (exact) mass is 167 g/mol. The van der Waals surface area contributed by atoms with Gasteiger partial charge in [0.05, 0.1) is 17.9 Å². The van der Waals surface area contributed by atoms with Crippen LogP contribution in [0.3, 0.4) is 0 Å². The van der Waals surface area contributed by atoms with Gasteiger partial charge in [-0.15, -0.1) is 6.58 Å². The quantitative estimate of drug-likeness (QED) is 0.540. The second-order valence-corrected chi connectivity index (χ2v) is 2.47. The van der Waals surface area contributed by atoms with Crippen LogP contribution in [0.15, 0.2) is 18.9 Å². The van der Waals surface area contributed by atoms with E-state index in [0.717, 1.165) is 0 Å². The summed E-state index contributed by atoms with van der Waals surface area (Å²) in [6.07, 6.45) is 3.18. The van der Waals surface area contributed by atoms with Gasteiger partial charge in [0.1, 0.15) is 5.82 Å². The van der Waals surface area contributed by atoms with Gasteiger partial charge in [-0.2, -0.15) is 5.10 Å². The zero-order chi connectivity index (χ0) is 9.14. The topological polar surface area (TPSA) is 95.9 Å². The molecule has 0 spiro atoms. The first-order chi connectivity index (χ1) is 5.70. The normalized spacial score (nSPS) is 12.8. The van der Waals surface area contributed by atoms with Crippen molar-refractivity contribution in [3.05, 3.63) is 18.9 Å². The Bertz CT molecular complexity index is 277. The van der Waals surface area contributed by atoms with E-state index in [1.807, 2.05) is 0 Å². The van der Waals surface area contributed by atoms with Gasteiger partial charge in [0.25, 0.3) is 0 Å². The van der Waals surface area contributed by atoms with E-state index in [9.17, 15) is 0 Å². The minimum Gasteiger partial charge on any atom is -0.394 e. The number of nitrogens with two attached hydrogens (primary N) is 3. The predicted molar refractivity (Wildman–Crippen MR) is 49.3 cm³/mol. The van der Waals surface area contributed by atoms with Gasteiger partial charge in [-0.1, -0.05) is 6.08 Å². The number of anilines is 2. The molecule has 1 atom stereocenters. The molecule has 6 N–H and O–H groups in total. The minimum atomic E-state index is -0.0812. The van der Waals surface area contributed by atoms with Gasteiger partial charge >= 0.3 is 0 Å². The van der Waals surface area contributed by atoms with E-state index in [0.29, 0.717) is 18.1 Å². The molecule has 0 saturated carbocycles. The fourth-order valence-corrected chi connectivity index (χ4v) is 0.945. The maximum absolute atomic E-state index is 5.63. The van der Waals surface area contributed by atoms with Crippen LogP contribution in [0.2, 0.25) is 0 Å². The lowest BCUT2D eigenvalue weighted by Gasteiger charge is -2.11. The molecule has 0 aliphatic heterocycles. The molecule has 0 saturated heterocycles. The van der Waals surface area contributed by atoms with Crippen molar-refractivity contribution in [2.75, 3.05) is 18.0 Å². The summed E-state index contributed by atoms with van der Waals surface area (Å²) < 4.78 is 1.56. The maximum Gasteiger partial charge on any atom is 0.145 e.